The van der Waals surface area contributed by atoms with E-state index in [1.165, 1.54) is 0 Å². The molecule has 2 amide bonds. The molecule has 2 unspecified atom stereocenters. The lowest BCUT2D eigenvalue weighted by Gasteiger charge is -2.23. The SMILES string of the molecule is Cc1ccnc(-c2ccc(NC(=O)N(C)CC3CCCC3O)cc2)n1. The molecule has 2 atom stereocenters. The van der Waals surface area contributed by atoms with Crippen LogP contribution in [-0.2, 0) is 0 Å². The fraction of sp³-hybridized carbons (Fsp3) is 0.421. The van der Waals surface area contributed by atoms with Gasteiger partial charge in [-0.15, -0.1) is 0 Å². The molecule has 1 aliphatic carbocycles. The number of urea groups is 1. The van der Waals surface area contributed by atoms with Gasteiger partial charge in [0.05, 0.1) is 6.10 Å². The van der Waals surface area contributed by atoms with Gasteiger partial charge in [0.15, 0.2) is 5.82 Å². The number of nitrogens with one attached hydrogen (secondary N) is 1. The van der Waals surface area contributed by atoms with Crippen molar-refractivity contribution in [3.05, 3.63) is 42.2 Å². The van der Waals surface area contributed by atoms with E-state index in [-0.39, 0.29) is 18.1 Å². The molecule has 6 heteroatoms. The van der Waals surface area contributed by atoms with Gasteiger partial charge < -0.3 is 15.3 Å². The fourth-order valence-corrected chi connectivity index (χ4v) is 3.17. The van der Waals surface area contributed by atoms with E-state index >= 15 is 0 Å². The fourth-order valence-electron chi connectivity index (χ4n) is 3.17. The van der Waals surface area contributed by atoms with Gasteiger partial charge in [0.2, 0.25) is 0 Å². The molecule has 1 saturated carbocycles. The predicted molar refractivity (Wildman–Crippen MR) is 97.2 cm³/mol. The predicted octanol–water partition coefficient (Wildman–Crippen LogP) is 3.08. The largest absolute Gasteiger partial charge is 0.393 e. The molecular weight excluding hydrogens is 316 g/mol. The number of aliphatic hydroxyl groups is 1. The maximum absolute atomic E-state index is 12.3. The average Bonchev–Trinajstić information content (AvgIpc) is 3.00. The molecule has 2 N–H and O–H groups in total. The number of nitrogens with zero attached hydrogens (tertiary/aromatic N) is 3. The summed E-state index contributed by atoms with van der Waals surface area (Å²) in [6.07, 6.45) is 4.29. The first-order valence-corrected chi connectivity index (χ1v) is 8.63. The van der Waals surface area contributed by atoms with Crippen LogP contribution in [0.5, 0.6) is 0 Å². The first kappa shape index (κ1) is 17.4. The standard InChI is InChI=1S/C19H24N4O2/c1-13-10-11-20-18(21-13)14-6-8-16(9-7-14)22-19(25)23(2)12-15-4-3-5-17(15)24/h6-11,15,17,24H,3-5,12H2,1-2H3,(H,22,25). The summed E-state index contributed by atoms with van der Waals surface area (Å²) in [5.41, 5.74) is 2.54. The Morgan fingerprint density at radius 3 is 2.68 bits per heavy atom. The summed E-state index contributed by atoms with van der Waals surface area (Å²) in [6, 6.07) is 9.17. The number of aromatic nitrogens is 2. The maximum Gasteiger partial charge on any atom is 0.321 e. The summed E-state index contributed by atoms with van der Waals surface area (Å²) in [7, 11) is 1.76. The molecule has 6 nitrogen and oxygen atoms in total. The Bertz CT molecular complexity index is 732. The van der Waals surface area contributed by atoms with Crippen molar-refractivity contribution in [1.29, 1.82) is 0 Å². The number of amides is 2. The lowest BCUT2D eigenvalue weighted by Crippen LogP contribution is -2.37. The van der Waals surface area contributed by atoms with Crippen LogP contribution in [-0.4, -0.2) is 45.7 Å². The van der Waals surface area contributed by atoms with E-state index in [0.29, 0.717) is 12.4 Å². The minimum Gasteiger partial charge on any atom is -0.393 e. The maximum atomic E-state index is 12.3. The van der Waals surface area contributed by atoms with Crippen LogP contribution >= 0.6 is 0 Å². The Labute approximate surface area is 147 Å². The number of hydrogen-bond acceptors (Lipinski definition) is 4. The molecule has 25 heavy (non-hydrogen) atoms. The van der Waals surface area contributed by atoms with E-state index in [2.05, 4.69) is 15.3 Å². The summed E-state index contributed by atoms with van der Waals surface area (Å²) >= 11 is 0. The van der Waals surface area contributed by atoms with Gasteiger partial charge in [-0.2, -0.15) is 0 Å². The highest BCUT2D eigenvalue weighted by Gasteiger charge is 2.27. The minimum absolute atomic E-state index is 0.168. The number of rotatable bonds is 4. The highest BCUT2D eigenvalue weighted by molar-refractivity contribution is 5.89. The van der Waals surface area contributed by atoms with E-state index in [9.17, 15) is 9.90 Å². The van der Waals surface area contributed by atoms with Gasteiger partial charge in [0, 0.05) is 42.7 Å². The van der Waals surface area contributed by atoms with Crippen molar-refractivity contribution >= 4 is 11.7 Å². The molecule has 132 valence electrons. The number of aryl methyl sites for hydroxylation is 1. The summed E-state index contributed by atoms with van der Waals surface area (Å²) in [4.78, 5) is 22.6. The molecule has 0 spiro atoms. The Balaban J connectivity index is 1.60. The van der Waals surface area contributed by atoms with Gasteiger partial charge in [-0.25, -0.2) is 14.8 Å². The number of anilines is 1. The van der Waals surface area contributed by atoms with Crippen LogP contribution in [0, 0.1) is 12.8 Å². The zero-order valence-corrected chi connectivity index (χ0v) is 14.6. The normalized spacial score (nSPS) is 19.6. The molecule has 1 fully saturated rings. The highest BCUT2D eigenvalue weighted by atomic mass is 16.3. The summed E-state index contributed by atoms with van der Waals surface area (Å²) < 4.78 is 0. The smallest absolute Gasteiger partial charge is 0.321 e. The molecular formula is C19H24N4O2. The molecule has 1 aromatic heterocycles. The lowest BCUT2D eigenvalue weighted by molar-refractivity contribution is 0.116. The van der Waals surface area contributed by atoms with Crippen molar-refractivity contribution in [2.24, 2.45) is 5.92 Å². The number of benzene rings is 1. The van der Waals surface area contributed by atoms with Crippen molar-refractivity contribution in [1.82, 2.24) is 14.9 Å². The van der Waals surface area contributed by atoms with Gasteiger partial charge in [-0.1, -0.05) is 6.42 Å². The lowest BCUT2D eigenvalue weighted by atomic mass is 10.1. The Morgan fingerprint density at radius 1 is 1.28 bits per heavy atom. The second-order valence-corrected chi connectivity index (χ2v) is 6.67. The van der Waals surface area contributed by atoms with Crippen molar-refractivity contribution in [3.63, 3.8) is 0 Å². The second-order valence-electron chi connectivity index (χ2n) is 6.67. The third-order valence-electron chi connectivity index (χ3n) is 4.66. The van der Waals surface area contributed by atoms with Gasteiger partial charge >= 0.3 is 6.03 Å². The monoisotopic (exact) mass is 340 g/mol. The number of carbonyl (C=O) groups excluding carboxylic acids is 1. The molecule has 0 radical (unpaired) electrons. The second kappa shape index (κ2) is 7.61. The number of hydrogen-bond donors (Lipinski definition) is 2. The zero-order chi connectivity index (χ0) is 17.8. The van der Waals surface area contributed by atoms with Gasteiger partial charge in [0.1, 0.15) is 0 Å². The molecule has 1 aromatic carbocycles. The van der Waals surface area contributed by atoms with Crippen LogP contribution < -0.4 is 5.32 Å². The quantitative estimate of drug-likeness (QED) is 0.896. The third kappa shape index (κ3) is 4.33. The Kier molecular flexibility index (Phi) is 5.28. The minimum atomic E-state index is -0.288. The van der Waals surface area contributed by atoms with Crippen LogP contribution in [0.4, 0.5) is 10.5 Å². The zero-order valence-electron chi connectivity index (χ0n) is 14.6. The van der Waals surface area contributed by atoms with E-state index < -0.39 is 0 Å². The molecule has 0 aliphatic heterocycles. The van der Waals surface area contributed by atoms with Gasteiger partial charge in [-0.05, 0) is 50.1 Å². The third-order valence-corrected chi connectivity index (χ3v) is 4.66. The highest BCUT2D eigenvalue weighted by Crippen LogP contribution is 2.26. The molecule has 1 heterocycles. The van der Waals surface area contributed by atoms with Gasteiger partial charge in [0.25, 0.3) is 0 Å². The Hall–Kier alpha value is -2.47. The summed E-state index contributed by atoms with van der Waals surface area (Å²) in [5, 5.41) is 12.8. The van der Waals surface area contributed by atoms with Crippen molar-refractivity contribution in [2.45, 2.75) is 32.3 Å². The van der Waals surface area contributed by atoms with E-state index in [4.69, 9.17) is 0 Å². The number of aliphatic hydroxyl groups excluding tert-OH is 1. The first-order valence-electron chi connectivity index (χ1n) is 8.63. The average molecular weight is 340 g/mol. The van der Waals surface area contributed by atoms with E-state index in [0.717, 1.165) is 36.2 Å². The van der Waals surface area contributed by atoms with E-state index in [1.807, 2.05) is 37.3 Å². The van der Waals surface area contributed by atoms with Crippen molar-refractivity contribution in [3.8, 4) is 11.4 Å². The Morgan fingerprint density at radius 2 is 2.04 bits per heavy atom. The van der Waals surface area contributed by atoms with Gasteiger partial charge in [-0.3, -0.25) is 0 Å². The molecule has 0 bridgehead atoms. The van der Waals surface area contributed by atoms with Crippen LogP contribution in [0.25, 0.3) is 11.4 Å². The van der Waals surface area contributed by atoms with Crippen molar-refractivity contribution < 1.29 is 9.90 Å². The number of carbonyl (C=O) groups is 1. The van der Waals surface area contributed by atoms with Crippen LogP contribution in [0.3, 0.4) is 0 Å². The van der Waals surface area contributed by atoms with Crippen molar-refractivity contribution in [2.75, 3.05) is 18.9 Å². The molecule has 3 rings (SSSR count). The molecule has 1 aliphatic rings. The van der Waals surface area contributed by atoms with E-state index in [1.54, 1.807) is 18.1 Å². The van der Waals surface area contributed by atoms with Crippen LogP contribution in [0.2, 0.25) is 0 Å². The topological polar surface area (TPSA) is 78.4 Å². The summed E-state index contributed by atoms with van der Waals surface area (Å²) in [5.74, 6) is 0.849. The van der Waals surface area contributed by atoms with Crippen LogP contribution in [0.1, 0.15) is 25.0 Å². The summed E-state index contributed by atoms with van der Waals surface area (Å²) in [6.45, 7) is 2.50. The molecule has 2 aromatic rings. The molecule has 0 saturated heterocycles. The van der Waals surface area contributed by atoms with Crippen LogP contribution in [0.15, 0.2) is 36.5 Å². The first-order chi connectivity index (χ1) is 12.0.